The number of carbonyl (C=O) groups excluding carboxylic acids is 2. The van der Waals surface area contributed by atoms with Crippen molar-refractivity contribution in [3.05, 3.63) is 76.2 Å². The number of aryl methyl sites for hydroxylation is 1. The number of hydrogen-bond donors (Lipinski definition) is 2. The smallest absolute Gasteiger partial charge is 0.276 e. The fourth-order valence-corrected chi connectivity index (χ4v) is 4.46. The molecule has 2 N–H and O–H groups in total. The number of benzene rings is 1. The van der Waals surface area contributed by atoms with E-state index in [0.717, 1.165) is 36.0 Å². The Morgan fingerprint density at radius 1 is 1.12 bits per heavy atom. The highest BCUT2D eigenvalue weighted by atomic mass is 35.5. The Kier molecular flexibility index (Phi) is 7.29. The Balaban J connectivity index is 1.50. The predicted octanol–water partition coefficient (Wildman–Crippen LogP) is 4.51. The van der Waals surface area contributed by atoms with Crippen molar-refractivity contribution in [2.45, 2.75) is 51.6 Å². The van der Waals surface area contributed by atoms with Gasteiger partial charge in [-0.05, 0) is 56.4 Å². The molecule has 0 bridgehead atoms. The first-order chi connectivity index (χ1) is 16.4. The van der Waals surface area contributed by atoms with E-state index in [1.165, 1.54) is 13.1 Å². The molecule has 174 valence electrons. The molecule has 2 unspecified atom stereocenters. The number of nitrogens with zero attached hydrogens (tertiary/aromatic N) is 3. The maximum absolute atomic E-state index is 13.2. The summed E-state index contributed by atoms with van der Waals surface area (Å²) in [5.41, 5.74) is 2.76. The lowest BCUT2D eigenvalue weighted by Crippen LogP contribution is -2.38. The molecule has 2 atom stereocenters. The highest BCUT2D eigenvalue weighted by molar-refractivity contribution is 6.34. The molecule has 1 saturated carbocycles. The van der Waals surface area contributed by atoms with E-state index in [1.807, 2.05) is 43.3 Å². The van der Waals surface area contributed by atoms with Crippen LogP contribution in [0.3, 0.4) is 0 Å². The molecule has 2 aromatic heterocycles. The van der Waals surface area contributed by atoms with Gasteiger partial charge in [-0.1, -0.05) is 41.6 Å². The van der Waals surface area contributed by atoms with Gasteiger partial charge in [0.15, 0.2) is 0 Å². The molecule has 34 heavy (non-hydrogen) atoms. The lowest BCUT2D eigenvalue weighted by Gasteiger charge is -2.30. The van der Waals surface area contributed by atoms with E-state index in [2.05, 4.69) is 32.6 Å². The summed E-state index contributed by atoms with van der Waals surface area (Å²) >= 11 is 6.36. The second kappa shape index (κ2) is 10.5. The van der Waals surface area contributed by atoms with Crippen LogP contribution in [0.2, 0.25) is 5.02 Å². The fraction of sp³-hybridized carbons (Fsp3) is 0.308. The number of carbonyl (C=O) groups is 2. The Bertz CT molecular complexity index is 1260. The zero-order chi connectivity index (χ0) is 24.1. The molecule has 1 aliphatic rings. The van der Waals surface area contributed by atoms with E-state index in [-0.39, 0.29) is 28.9 Å². The third-order valence-electron chi connectivity index (χ3n) is 5.80. The van der Waals surface area contributed by atoms with Crippen LogP contribution in [0.1, 0.15) is 65.8 Å². The van der Waals surface area contributed by atoms with Crippen LogP contribution in [0.4, 0.5) is 5.82 Å². The van der Waals surface area contributed by atoms with Crippen molar-refractivity contribution in [2.75, 3.05) is 5.32 Å². The number of amides is 2. The van der Waals surface area contributed by atoms with Crippen molar-refractivity contribution in [1.29, 1.82) is 0 Å². The Labute approximate surface area is 203 Å². The molecule has 0 radical (unpaired) electrons. The van der Waals surface area contributed by atoms with Crippen LogP contribution < -0.4 is 10.6 Å². The van der Waals surface area contributed by atoms with E-state index >= 15 is 0 Å². The zero-order valence-corrected chi connectivity index (χ0v) is 19.9. The molecule has 0 spiro atoms. The third kappa shape index (κ3) is 5.64. The summed E-state index contributed by atoms with van der Waals surface area (Å²) in [5.74, 6) is 6.22. The minimum absolute atomic E-state index is 0.0245. The van der Waals surface area contributed by atoms with Crippen molar-refractivity contribution >= 4 is 29.2 Å². The first-order valence-electron chi connectivity index (χ1n) is 11.3. The van der Waals surface area contributed by atoms with Gasteiger partial charge in [0.25, 0.3) is 5.91 Å². The topological polar surface area (TPSA) is 88.9 Å². The van der Waals surface area contributed by atoms with Gasteiger partial charge in [-0.3, -0.25) is 14.3 Å². The van der Waals surface area contributed by atoms with Gasteiger partial charge in [0, 0.05) is 30.3 Å². The highest BCUT2D eigenvalue weighted by Gasteiger charge is 2.29. The van der Waals surface area contributed by atoms with Crippen LogP contribution in [-0.2, 0) is 4.79 Å². The van der Waals surface area contributed by atoms with E-state index in [0.29, 0.717) is 17.9 Å². The molecule has 1 fully saturated rings. The first-order valence-corrected chi connectivity index (χ1v) is 11.6. The molecule has 0 saturated heterocycles. The maximum Gasteiger partial charge on any atom is 0.276 e. The maximum atomic E-state index is 13.2. The summed E-state index contributed by atoms with van der Waals surface area (Å²) in [7, 11) is 0. The monoisotopic (exact) mass is 475 g/mol. The molecular weight excluding hydrogens is 450 g/mol. The van der Waals surface area contributed by atoms with Crippen molar-refractivity contribution < 1.29 is 9.59 Å². The summed E-state index contributed by atoms with van der Waals surface area (Å²) in [6.07, 6.45) is 6.53. The van der Waals surface area contributed by atoms with Gasteiger partial charge in [-0.2, -0.15) is 5.10 Å². The summed E-state index contributed by atoms with van der Waals surface area (Å²) < 4.78 is 1.68. The Hall–Kier alpha value is -3.63. The van der Waals surface area contributed by atoms with Crippen molar-refractivity contribution in [1.82, 2.24) is 20.1 Å². The number of anilines is 1. The summed E-state index contributed by atoms with van der Waals surface area (Å²) in [6, 6.07) is 11.6. The minimum Gasteiger partial charge on any atom is -0.354 e. The van der Waals surface area contributed by atoms with Gasteiger partial charge in [0.1, 0.15) is 11.5 Å². The molecule has 1 aliphatic carbocycles. The molecular formula is C26H26ClN5O2. The zero-order valence-electron chi connectivity index (χ0n) is 19.1. The van der Waals surface area contributed by atoms with Crippen molar-refractivity contribution in [3.63, 3.8) is 0 Å². The average Bonchev–Trinajstić information content (AvgIpc) is 3.21. The normalized spacial score (nSPS) is 17.4. The van der Waals surface area contributed by atoms with Gasteiger partial charge in [0.2, 0.25) is 5.91 Å². The van der Waals surface area contributed by atoms with Crippen LogP contribution in [-0.4, -0.2) is 32.6 Å². The molecule has 0 aliphatic heterocycles. The van der Waals surface area contributed by atoms with Gasteiger partial charge >= 0.3 is 0 Å². The molecule has 7 nitrogen and oxygen atoms in total. The lowest BCUT2D eigenvalue weighted by atomic mass is 9.91. The highest BCUT2D eigenvalue weighted by Crippen LogP contribution is 2.31. The van der Waals surface area contributed by atoms with E-state index in [1.54, 1.807) is 10.9 Å². The lowest BCUT2D eigenvalue weighted by molar-refractivity contribution is -0.119. The molecule has 2 heterocycles. The third-order valence-corrected chi connectivity index (χ3v) is 6.08. The summed E-state index contributed by atoms with van der Waals surface area (Å²) in [6.45, 7) is 3.38. The molecule has 2 amide bonds. The number of pyridine rings is 1. The van der Waals surface area contributed by atoms with Gasteiger partial charge in [-0.15, -0.1) is 0 Å². The first kappa shape index (κ1) is 23.5. The number of hydrogen-bond acceptors (Lipinski definition) is 4. The molecule has 3 aromatic rings. The SMILES string of the molecule is CC(=O)NC1CCCC(n2ncc(Cl)c2C(=O)Nc2ncc(C#Cc3ccccc3)cc2C)C1. The predicted molar refractivity (Wildman–Crippen MR) is 132 cm³/mol. The van der Waals surface area contributed by atoms with Crippen LogP contribution >= 0.6 is 11.6 Å². The number of nitrogens with one attached hydrogen (secondary N) is 2. The summed E-state index contributed by atoms with van der Waals surface area (Å²) in [4.78, 5) is 29.0. The quantitative estimate of drug-likeness (QED) is 0.543. The van der Waals surface area contributed by atoms with E-state index in [4.69, 9.17) is 11.6 Å². The number of rotatable bonds is 4. The molecule has 1 aromatic carbocycles. The molecule has 4 rings (SSSR count). The Morgan fingerprint density at radius 2 is 1.88 bits per heavy atom. The minimum atomic E-state index is -0.372. The van der Waals surface area contributed by atoms with Crippen molar-refractivity contribution in [2.24, 2.45) is 0 Å². The number of halogens is 1. The van der Waals surface area contributed by atoms with Crippen LogP contribution in [0.5, 0.6) is 0 Å². The van der Waals surface area contributed by atoms with Crippen LogP contribution in [0.25, 0.3) is 0 Å². The second-order valence-electron chi connectivity index (χ2n) is 8.46. The Morgan fingerprint density at radius 3 is 2.62 bits per heavy atom. The second-order valence-corrected chi connectivity index (χ2v) is 8.87. The van der Waals surface area contributed by atoms with Crippen molar-refractivity contribution in [3.8, 4) is 11.8 Å². The van der Waals surface area contributed by atoms with Crippen LogP contribution in [0, 0.1) is 18.8 Å². The average molecular weight is 476 g/mol. The van der Waals surface area contributed by atoms with Gasteiger partial charge in [-0.25, -0.2) is 4.98 Å². The number of aromatic nitrogens is 3. The standard InChI is InChI=1S/C26H26ClN5O2/c1-17-13-20(12-11-19-7-4-3-5-8-19)15-28-25(17)31-26(34)24-23(27)16-29-32(24)22-10-6-9-21(14-22)30-18(2)33/h3-5,7-8,13,15-16,21-22H,6,9-10,14H2,1-2H3,(H,30,33)(H,28,31,34). The van der Waals surface area contributed by atoms with E-state index in [9.17, 15) is 9.59 Å². The fourth-order valence-electron chi connectivity index (χ4n) is 4.24. The van der Waals surface area contributed by atoms with Gasteiger partial charge in [0.05, 0.1) is 17.3 Å². The largest absolute Gasteiger partial charge is 0.354 e. The van der Waals surface area contributed by atoms with Crippen LogP contribution in [0.15, 0.2) is 48.8 Å². The van der Waals surface area contributed by atoms with Gasteiger partial charge < -0.3 is 10.6 Å². The van der Waals surface area contributed by atoms with E-state index < -0.39 is 0 Å². The molecule has 8 heteroatoms. The summed E-state index contributed by atoms with van der Waals surface area (Å²) in [5, 5.41) is 10.5.